The van der Waals surface area contributed by atoms with Crippen molar-refractivity contribution in [2.24, 2.45) is 5.92 Å². The number of nitrogens with zero attached hydrogens (tertiary/aromatic N) is 5. The number of pyridine rings is 1. The number of aromatic nitrogens is 4. The van der Waals surface area contributed by atoms with Crippen LogP contribution in [0.25, 0.3) is 11.4 Å². The van der Waals surface area contributed by atoms with Gasteiger partial charge in [0, 0.05) is 43.0 Å². The lowest BCUT2D eigenvalue weighted by Crippen LogP contribution is -2.47. The topological polar surface area (TPSA) is 127 Å². The molecule has 5 rings (SSSR count). The predicted molar refractivity (Wildman–Crippen MR) is 121 cm³/mol. The first-order valence-corrected chi connectivity index (χ1v) is 11.8. The molecule has 4 heterocycles. The van der Waals surface area contributed by atoms with Crippen LogP contribution in [-0.2, 0) is 4.79 Å². The minimum atomic E-state index is -0.371. The lowest BCUT2D eigenvalue weighted by molar-refractivity contribution is -0.126. The molecule has 2 fully saturated rings. The highest BCUT2D eigenvalue weighted by atomic mass is 16.5. The van der Waals surface area contributed by atoms with Gasteiger partial charge in [0.2, 0.25) is 23.4 Å². The fourth-order valence-corrected chi connectivity index (χ4v) is 5.02. The van der Waals surface area contributed by atoms with Crippen molar-refractivity contribution in [2.45, 2.75) is 57.4 Å². The van der Waals surface area contributed by atoms with Gasteiger partial charge in [-0.15, -0.1) is 0 Å². The van der Waals surface area contributed by atoms with Gasteiger partial charge in [0.05, 0.1) is 11.6 Å². The fraction of sp³-hybridized carbons (Fsp3) is 0.500. The molecule has 1 aliphatic carbocycles. The first-order chi connectivity index (χ1) is 16.6. The van der Waals surface area contributed by atoms with Crippen molar-refractivity contribution in [3.63, 3.8) is 0 Å². The van der Waals surface area contributed by atoms with Crippen LogP contribution in [0.15, 0.2) is 39.9 Å². The van der Waals surface area contributed by atoms with Gasteiger partial charge in [-0.2, -0.15) is 4.98 Å². The molecule has 1 saturated carbocycles. The third kappa shape index (κ3) is 4.44. The second-order valence-electron chi connectivity index (χ2n) is 9.01. The van der Waals surface area contributed by atoms with E-state index in [4.69, 9.17) is 8.94 Å². The van der Waals surface area contributed by atoms with Crippen LogP contribution in [0.2, 0.25) is 0 Å². The number of fused-ring (bicyclic) bond motifs is 1. The van der Waals surface area contributed by atoms with Crippen molar-refractivity contribution < 1.29 is 18.5 Å². The molecule has 1 N–H and O–H groups in total. The van der Waals surface area contributed by atoms with Crippen LogP contribution in [0.3, 0.4) is 0 Å². The zero-order valence-corrected chi connectivity index (χ0v) is 19.1. The molecular formula is C24H28N6O4. The monoisotopic (exact) mass is 464 g/mol. The molecule has 3 aromatic heterocycles. The molecule has 0 bridgehead atoms. The number of carbonyl (C=O) groups is 2. The number of amides is 2. The summed E-state index contributed by atoms with van der Waals surface area (Å²) in [5.41, 5.74) is 1.31. The quantitative estimate of drug-likeness (QED) is 0.626. The summed E-state index contributed by atoms with van der Waals surface area (Å²) >= 11 is 0. The minimum absolute atomic E-state index is 0.0338. The van der Waals surface area contributed by atoms with E-state index in [2.05, 4.69) is 25.4 Å². The van der Waals surface area contributed by atoms with Crippen molar-refractivity contribution in [3.05, 3.63) is 48.3 Å². The van der Waals surface area contributed by atoms with Gasteiger partial charge >= 0.3 is 0 Å². The summed E-state index contributed by atoms with van der Waals surface area (Å²) in [6, 6.07) is 3.39. The van der Waals surface area contributed by atoms with Crippen molar-refractivity contribution >= 4 is 11.8 Å². The van der Waals surface area contributed by atoms with Crippen LogP contribution in [-0.4, -0.2) is 56.0 Å². The van der Waals surface area contributed by atoms with Crippen molar-refractivity contribution in [2.75, 3.05) is 13.1 Å². The van der Waals surface area contributed by atoms with Gasteiger partial charge < -0.3 is 19.2 Å². The molecule has 0 unspecified atom stereocenters. The van der Waals surface area contributed by atoms with Crippen LogP contribution in [0.1, 0.15) is 66.6 Å². The molecule has 34 heavy (non-hydrogen) atoms. The van der Waals surface area contributed by atoms with Crippen molar-refractivity contribution in [3.8, 4) is 11.4 Å². The van der Waals surface area contributed by atoms with Gasteiger partial charge in [-0.1, -0.05) is 18.0 Å². The molecule has 3 aromatic rings. The summed E-state index contributed by atoms with van der Waals surface area (Å²) in [6.07, 6.45) is 9.55. The van der Waals surface area contributed by atoms with Crippen LogP contribution >= 0.6 is 0 Å². The normalized spacial score (nSPS) is 23.7. The molecule has 1 aliphatic heterocycles. The maximum absolute atomic E-state index is 13.5. The van der Waals surface area contributed by atoms with Crippen molar-refractivity contribution in [1.82, 2.24) is 30.3 Å². The van der Waals surface area contributed by atoms with Crippen LogP contribution in [0, 0.1) is 12.8 Å². The van der Waals surface area contributed by atoms with E-state index in [1.807, 2.05) is 17.0 Å². The second kappa shape index (κ2) is 9.74. The Morgan fingerprint density at radius 2 is 2.09 bits per heavy atom. The Labute approximate surface area is 197 Å². The van der Waals surface area contributed by atoms with E-state index < -0.39 is 0 Å². The number of hydrogen-bond acceptors (Lipinski definition) is 8. The Morgan fingerprint density at radius 3 is 2.88 bits per heavy atom. The summed E-state index contributed by atoms with van der Waals surface area (Å²) in [6.45, 7) is 2.96. The number of carbonyl (C=O) groups excluding carboxylic acids is 2. The highest BCUT2D eigenvalue weighted by molar-refractivity contribution is 5.93. The molecule has 1 saturated heterocycles. The number of aryl methyl sites for hydroxylation is 1. The first kappa shape index (κ1) is 22.2. The summed E-state index contributed by atoms with van der Waals surface area (Å²) in [5, 5.41) is 7.20. The Morgan fingerprint density at radius 1 is 1.21 bits per heavy atom. The fourth-order valence-electron chi connectivity index (χ4n) is 5.02. The minimum Gasteiger partial charge on any atom is -0.438 e. The Hall–Kier alpha value is -3.56. The molecule has 0 aromatic carbocycles. The number of oxazole rings is 1. The van der Waals surface area contributed by atoms with Crippen LogP contribution in [0.4, 0.5) is 0 Å². The van der Waals surface area contributed by atoms with E-state index in [1.165, 1.54) is 6.39 Å². The molecule has 2 aliphatic rings. The smallest absolute Gasteiger partial charge is 0.291 e. The molecule has 10 heteroatoms. The predicted octanol–water partition coefficient (Wildman–Crippen LogP) is 3.12. The maximum atomic E-state index is 13.5. The Balaban J connectivity index is 1.44. The summed E-state index contributed by atoms with van der Waals surface area (Å²) in [5.74, 6) is 0.417. The van der Waals surface area contributed by atoms with E-state index in [9.17, 15) is 9.59 Å². The van der Waals surface area contributed by atoms with Gasteiger partial charge in [-0.25, -0.2) is 4.98 Å². The summed E-state index contributed by atoms with van der Waals surface area (Å²) in [4.78, 5) is 41.3. The molecular weight excluding hydrogens is 436 g/mol. The Kier molecular flexibility index (Phi) is 6.37. The third-order valence-electron chi connectivity index (χ3n) is 6.80. The summed E-state index contributed by atoms with van der Waals surface area (Å²) in [7, 11) is 0. The average molecular weight is 465 g/mol. The number of nitrogens with one attached hydrogen (secondary N) is 1. The van der Waals surface area contributed by atoms with E-state index >= 15 is 0 Å². The van der Waals surface area contributed by atoms with Gasteiger partial charge in [0.25, 0.3) is 5.91 Å². The van der Waals surface area contributed by atoms with E-state index in [-0.39, 0.29) is 35.5 Å². The van der Waals surface area contributed by atoms with Crippen molar-refractivity contribution in [1.29, 1.82) is 0 Å². The number of rotatable bonds is 3. The van der Waals surface area contributed by atoms with Crippen LogP contribution < -0.4 is 5.32 Å². The van der Waals surface area contributed by atoms with E-state index in [1.54, 1.807) is 19.3 Å². The highest BCUT2D eigenvalue weighted by Crippen LogP contribution is 2.42. The first-order valence-electron chi connectivity index (χ1n) is 11.8. The summed E-state index contributed by atoms with van der Waals surface area (Å²) < 4.78 is 11.0. The molecule has 0 radical (unpaired) electrons. The number of hydrogen-bond donors (Lipinski definition) is 1. The zero-order chi connectivity index (χ0) is 23.5. The maximum Gasteiger partial charge on any atom is 0.291 e. The van der Waals surface area contributed by atoms with Gasteiger partial charge in [0.1, 0.15) is 0 Å². The Bertz CT molecular complexity index is 1140. The van der Waals surface area contributed by atoms with Gasteiger partial charge in [0.15, 0.2) is 6.39 Å². The highest BCUT2D eigenvalue weighted by Gasteiger charge is 2.46. The second-order valence-corrected chi connectivity index (χ2v) is 9.01. The molecule has 3 atom stereocenters. The van der Waals surface area contributed by atoms with E-state index in [0.29, 0.717) is 43.3 Å². The largest absolute Gasteiger partial charge is 0.438 e. The molecule has 0 spiro atoms. The lowest BCUT2D eigenvalue weighted by Gasteiger charge is -2.32. The van der Waals surface area contributed by atoms with Gasteiger partial charge in [-0.3, -0.25) is 14.6 Å². The van der Waals surface area contributed by atoms with Crippen LogP contribution in [0.5, 0.6) is 0 Å². The average Bonchev–Trinajstić information content (AvgIpc) is 3.60. The molecule has 2 amide bonds. The molecule has 10 nitrogen and oxygen atoms in total. The SMILES string of the molecule is Cc1ncoc1C(=O)N1CCCCCCNC(=O)[C@@H]2C[C@@H](c3nc(-c4cccnc4)no3)C[C@@H]21. The molecule has 178 valence electrons. The van der Waals surface area contributed by atoms with Gasteiger partial charge in [-0.05, 0) is 44.7 Å². The lowest BCUT2D eigenvalue weighted by atomic mass is 10.00. The van der Waals surface area contributed by atoms with E-state index in [0.717, 1.165) is 31.2 Å². The standard InChI is InChI=1S/C24H28N6O4/c1-15-20(33-14-27-15)24(32)30-10-5-3-2-4-9-26-22(31)18-11-17(12-19(18)30)23-28-21(29-34-23)16-7-6-8-25-13-16/h6-8,13-14,17-19H,2-5,9-12H2,1H3,(H,26,31)/t17-,18-,19+/m1/s1. The third-order valence-corrected chi connectivity index (χ3v) is 6.80. The zero-order valence-electron chi connectivity index (χ0n) is 19.1.